The van der Waals surface area contributed by atoms with Gasteiger partial charge < -0.3 is 4.74 Å². The molecule has 0 saturated carbocycles. The van der Waals surface area contributed by atoms with Crippen LogP contribution in [0.15, 0.2) is 18.2 Å². The maximum absolute atomic E-state index is 11.8. The number of fused-ring (bicyclic) bond motifs is 1. The number of methoxy groups -OCH3 is 1. The first-order chi connectivity index (χ1) is 8.54. The number of rotatable bonds is 4. The molecule has 6 heteroatoms. The topological polar surface area (TPSA) is 63.7 Å². The molecule has 0 fully saturated rings. The summed E-state index contributed by atoms with van der Waals surface area (Å²) in [5.41, 5.74) is 0.650. The first-order valence-electron chi connectivity index (χ1n) is 5.21. The lowest BCUT2D eigenvalue weighted by atomic mass is 10.1. The Hall–Kier alpha value is -1.72. The van der Waals surface area contributed by atoms with Gasteiger partial charge in [-0.1, -0.05) is 11.6 Å². The highest BCUT2D eigenvalue weighted by Crippen LogP contribution is 2.30. The summed E-state index contributed by atoms with van der Waals surface area (Å²) in [7, 11) is 1.39. The molecule has 1 aliphatic heterocycles. The highest BCUT2D eigenvalue weighted by molar-refractivity contribution is 6.53. The molecule has 0 N–H and O–H groups in total. The quantitative estimate of drug-likeness (QED) is 0.766. The molecule has 1 aromatic rings. The highest BCUT2D eigenvalue weighted by atomic mass is 35.5. The summed E-state index contributed by atoms with van der Waals surface area (Å²) in [6.45, 7) is -0.270. The van der Waals surface area contributed by atoms with Crippen molar-refractivity contribution in [2.75, 3.05) is 25.2 Å². The van der Waals surface area contributed by atoms with Crippen LogP contribution in [0.3, 0.4) is 0 Å². The van der Waals surface area contributed by atoms with Gasteiger partial charge in [-0.15, -0.1) is 0 Å². The zero-order valence-electron chi connectivity index (χ0n) is 9.60. The largest absolute Gasteiger partial charge is 0.377 e. The molecule has 18 heavy (non-hydrogen) atoms. The van der Waals surface area contributed by atoms with E-state index in [2.05, 4.69) is 4.74 Å². The molecule has 0 spiro atoms. The lowest BCUT2D eigenvalue weighted by Gasteiger charge is -2.15. The number of carbonyl (C=O) groups excluding carboxylic acids is 3. The number of amides is 1. The Balaban J connectivity index is 2.31. The fourth-order valence-electron chi connectivity index (χ4n) is 1.81. The normalized spacial score (nSPS) is 14.0. The van der Waals surface area contributed by atoms with Gasteiger partial charge in [0.2, 0.25) is 0 Å². The molecular weight excluding hydrogens is 258 g/mol. The molecule has 0 aliphatic carbocycles. The van der Waals surface area contributed by atoms with Crippen LogP contribution in [0.25, 0.3) is 0 Å². The molecule has 1 aliphatic rings. The van der Waals surface area contributed by atoms with E-state index < -0.39 is 11.7 Å². The third kappa shape index (κ3) is 2.14. The van der Waals surface area contributed by atoms with Crippen molar-refractivity contribution in [1.82, 2.24) is 0 Å². The average molecular weight is 268 g/mol. The molecule has 0 aromatic heterocycles. The molecule has 1 heterocycles. The van der Waals surface area contributed by atoms with Gasteiger partial charge in [-0.3, -0.25) is 19.3 Å². The van der Waals surface area contributed by atoms with Crippen molar-refractivity contribution in [2.45, 2.75) is 0 Å². The number of Topliss-reactive ketones (excluding diaryl/α,β-unsaturated/α-hetero) is 2. The Kier molecular flexibility index (Phi) is 3.45. The van der Waals surface area contributed by atoms with Crippen molar-refractivity contribution in [3.8, 4) is 0 Å². The van der Waals surface area contributed by atoms with E-state index in [1.165, 1.54) is 13.2 Å². The van der Waals surface area contributed by atoms with Gasteiger partial charge in [0.25, 0.3) is 11.7 Å². The van der Waals surface area contributed by atoms with Gasteiger partial charge in [0, 0.05) is 12.1 Å². The summed E-state index contributed by atoms with van der Waals surface area (Å²) in [4.78, 5) is 36.1. The average Bonchev–Trinajstić information content (AvgIpc) is 2.55. The van der Waals surface area contributed by atoms with Crippen molar-refractivity contribution < 1.29 is 19.1 Å². The second-order valence-electron chi connectivity index (χ2n) is 3.85. The third-order valence-corrected chi connectivity index (χ3v) is 2.81. The predicted molar refractivity (Wildman–Crippen MR) is 65.0 cm³/mol. The van der Waals surface area contributed by atoms with Crippen LogP contribution < -0.4 is 4.90 Å². The summed E-state index contributed by atoms with van der Waals surface area (Å²) >= 11 is 5.77. The lowest BCUT2D eigenvalue weighted by Crippen LogP contribution is -2.35. The molecule has 94 valence electrons. The van der Waals surface area contributed by atoms with Crippen LogP contribution in [-0.4, -0.2) is 37.7 Å². The number of hydrogen-bond donors (Lipinski definition) is 0. The van der Waals surface area contributed by atoms with E-state index in [0.29, 0.717) is 10.7 Å². The van der Waals surface area contributed by atoms with Crippen LogP contribution >= 0.6 is 11.6 Å². The number of ketones is 2. The van der Waals surface area contributed by atoms with Crippen LogP contribution in [0.5, 0.6) is 0 Å². The van der Waals surface area contributed by atoms with Gasteiger partial charge >= 0.3 is 0 Å². The fourth-order valence-corrected chi connectivity index (χ4v) is 1.98. The van der Waals surface area contributed by atoms with E-state index in [1.807, 2.05) is 0 Å². The number of ether oxygens (including phenoxy) is 1. The van der Waals surface area contributed by atoms with E-state index in [1.54, 1.807) is 12.1 Å². The van der Waals surface area contributed by atoms with Crippen LogP contribution in [0.1, 0.15) is 10.4 Å². The van der Waals surface area contributed by atoms with Crippen molar-refractivity contribution in [3.63, 3.8) is 0 Å². The van der Waals surface area contributed by atoms with Crippen LogP contribution in [0.4, 0.5) is 5.69 Å². The third-order valence-electron chi connectivity index (χ3n) is 2.57. The van der Waals surface area contributed by atoms with Crippen molar-refractivity contribution >= 4 is 34.8 Å². The van der Waals surface area contributed by atoms with E-state index in [9.17, 15) is 14.4 Å². The molecular formula is C12H10ClNO4. The molecule has 0 saturated heterocycles. The molecule has 1 amide bonds. The number of nitrogens with zero attached hydrogens (tertiary/aromatic N) is 1. The molecule has 1 aromatic carbocycles. The number of benzene rings is 1. The summed E-state index contributed by atoms with van der Waals surface area (Å²) in [6, 6.07) is 4.55. The maximum Gasteiger partial charge on any atom is 0.299 e. The summed E-state index contributed by atoms with van der Waals surface area (Å²) in [6.07, 6.45) is 0. The van der Waals surface area contributed by atoms with Crippen LogP contribution in [0.2, 0.25) is 5.02 Å². The van der Waals surface area contributed by atoms with Gasteiger partial charge in [0.05, 0.1) is 17.8 Å². The van der Waals surface area contributed by atoms with Gasteiger partial charge in [-0.05, 0) is 18.2 Å². The molecule has 5 nitrogen and oxygen atoms in total. The Labute approximate surface area is 108 Å². The molecule has 0 unspecified atom stereocenters. The summed E-state index contributed by atoms with van der Waals surface area (Å²) in [5, 5.41) is 0.375. The first-order valence-corrected chi connectivity index (χ1v) is 5.58. The van der Waals surface area contributed by atoms with Crippen LogP contribution in [0, 0.1) is 0 Å². The van der Waals surface area contributed by atoms with E-state index in [0.717, 1.165) is 4.90 Å². The number of halogens is 1. The smallest absolute Gasteiger partial charge is 0.299 e. The number of anilines is 1. The molecule has 0 atom stereocenters. The summed E-state index contributed by atoms with van der Waals surface area (Å²) < 4.78 is 4.69. The summed E-state index contributed by atoms with van der Waals surface area (Å²) in [5.74, 6) is -1.63. The molecule has 2 rings (SSSR count). The van der Waals surface area contributed by atoms with Crippen molar-refractivity contribution in [1.29, 1.82) is 0 Å². The predicted octanol–water partition coefficient (Wildman–Crippen LogP) is 1.08. The second-order valence-corrected chi connectivity index (χ2v) is 4.29. The van der Waals surface area contributed by atoms with Crippen molar-refractivity contribution in [2.24, 2.45) is 0 Å². The standard InChI is InChI=1S/C12H10ClNO4/c1-18-6-8(15)5-14-10-3-2-7(13)4-9(10)11(16)12(14)17/h2-4H,5-6H2,1H3. The van der Waals surface area contributed by atoms with Gasteiger partial charge in [-0.2, -0.15) is 0 Å². The van der Waals surface area contributed by atoms with E-state index in [-0.39, 0.29) is 24.5 Å². The Morgan fingerprint density at radius 2 is 2.11 bits per heavy atom. The number of hydrogen-bond acceptors (Lipinski definition) is 4. The second kappa shape index (κ2) is 4.88. The van der Waals surface area contributed by atoms with Gasteiger partial charge in [-0.25, -0.2) is 0 Å². The van der Waals surface area contributed by atoms with Crippen molar-refractivity contribution in [3.05, 3.63) is 28.8 Å². The zero-order chi connectivity index (χ0) is 13.3. The van der Waals surface area contributed by atoms with E-state index >= 15 is 0 Å². The van der Waals surface area contributed by atoms with Gasteiger partial charge in [0.1, 0.15) is 6.61 Å². The molecule has 0 radical (unpaired) electrons. The highest BCUT2D eigenvalue weighted by Gasteiger charge is 2.36. The minimum absolute atomic E-state index is 0.0963. The van der Waals surface area contributed by atoms with E-state index in [4.69, 9.17) is 11.6 Å². The Morgan fingerprint density at radius 3 is 2.78 bits per heavy atom. The fraction of sp³-hybridized carbons (Fsp3) is 0.250. The Morgan fingerprint density at radius 1 is 1.39 bits per heavy atom. The SMILES string of the molecule is COCC(=O)CN1C(=O)C(=O)c2cc(Cl)ccc21. The zero-order valence-corrected chi connectivity index (χ0v) is 10.4. The lowest BCUT2D eigenvalue weighted by molar-refractivity contribution is -0.123. The minimum Gasteiger partial charge on any atom is -0.377 e. The minimum atomic E-state index is -0.711. The maximum atomic E-state index is 11.8. The monoisotopic (exact) mass is 267 g/mol. The van der Waals surface area contributed by atoms with Gasteiger partial charge in [0.15, 0.2) is 5.78 Å². The first kappa shape index (κ1) is 12.7. The van der Waals surface area contributed by atoms with Crippen LogP contribution in [-0.2, 0) is 14.3 Å². The number of carbonyl (C=O) groups is 3. The Bertz CT molecular complexity index is 541. The molecule has 0 bridgehead atoms.